The summed E-state index contributed by atoms with van der Waals surface area (Å²) in [5, 5.41) is 7.17. The van der Waals surface area contributed by atoms with Crippen LogP contribution >= 0.6 is 0 Å². The predicted molar refractivity (Wildman–Crippen MR) is 94.8 cm³/mol. The lowest BCUT2D eigenvalue weighted by atomic mass is 9.79. The maximum Gasteiger partial charge on any atom is 0.155 e. The van der Waals surface area contributed by atoms with Crippen molar-refractivity contribution in [3.63, 3.8) is 0 Å². The van der Waals surface area contributed by atoms with Gasteiger partial charge in [0.05, 0.1) is 17.8 Å². The molecule has 4 atom stereocenters. The molecule has 4 nitrogen and oxygen atoms in total. The highest BCUT2D eigenvalue weighted by Crippen LogP contribution is 2.50. The van der Waals surface area contributed by atoms with Crippen molar-refractivity contribution in [3.05, 3.63) is 65.5 Å². The third-order valence-electron chi connectivity index (χ3n) is 5.80. The van der Waals surface area contributed by atoms with Crippen LogP contribution in [0.5, 0.6) is 0 Å². The first-order chi connectivity index (χ1) is 11.9. The predicted octanol–water partition coefficient (Wildman–Crippen LogP) is 3.88. The van der Waals surface area contributed by atoms with Gasteiger partial charge in [-0.15, -0.1) is 0 Å². The van der Waals surface area contributed by atoms with Crippen molar-refractivity contribution in [3.8, 4) is 0 Å². The lowest BCUT2D eigenvalue weighted by Gasteiger charge is -2.39. The van der Waals surface area contributed by atoms with E-state index < -0.39 is 0 Å². The second-order valence-corrected chi connectivity index (χ2v) is 7.19. The monoisotopic (exact) mass is 314 g/mol. The van der Waals surface area contributed by atoms with Gasteiger partial charge in [-0.25, -0.2) is 9.97 Å². The van der Waals surface area contributed by atoms with Crippen molar-refractivity contribution in [1.29, 1.82) is 0 Å². The van der Waals surface area contributed by atoms with Crippen molar-refractivity contribution < 1.29 is 0 Å². The van der Waals surface area contributed by atoms with Crippen LogP contribution in [0.4, 0.5) is 11.6 Å². The number of anilines is 2. The van der Waals surface area contributed by atoms with E-state index in [2.05, 4.69) is 59.2 Å². The second-order valence-electron chi connectivity index (χ2n) is 7.19. The Morgan fingerprint density at radius 2 is 1.88 bits per heavy atom. The van der Waals surface area contributed by atoms with Crippen LogP contribution in [0.2, 0.25) is 0 Å². The number of rotatable bonds is 1. The van der Waals surface area contributed by atoms with Gasteiger partial charge >= 0.3 is 0 Å². The minimum atomic E-state index is 0.295. The summed E-state index contributed by atoms with van der Waals surface area (Å²) < 4.78 is 0. The van der Waals surface area contributed by atoms with Gasteiger partial charge in [0.25, 0.3) is 0 Å². The normalized spacial score (nSPS) is 30.9. The van der Waals surface area contributed by atoms with E-state index in [1.807, 2.05) is 0 Å². The summed E-state index contributed by atoms with van der Waals surface area (Å²) in [4.78, 5) is 9.95. The molecule has 2 bridgehead atoms. The fourth-order valence-corrected chi connectivity index (χ4v) is 4.56. The smallest absolute Gasteiger partial charge is 0.155 e. The maximum absolute atomic E-state index is 5.04. The number of hydrogen-bond acceptors (Lipinski definition) is 4. The fraction of sp³-hybridized carbons (Fsp3) is 0.300. The molecule has 3 aliphatic heterocycles. The zero-order valence-corrected chi connectivity index (χ0v) is 13.2. The van der Waals surface area contributed by atoms with Gasteiger partial charge in [-0.2, -0.15) is 0 Å². The van der Waals surface area contributed by atoms with Gasteiger partial charge in [-0.3, -0.25) is 0 Å². The quantitative estimate of drug-likeness (QED) is 0.784. The second kappa shape index (κ2) is 4.47. The van der Waals surface area contributed by atoms with Crippen LogP contribution < -0.4 is 10.6 Å². The zero-order valence-electron chi connectivity index (χ0n) is 13.2. The molecule has 4 heterocycles. The molecule has 118 valence electrons. The van der Waals surface area contributed by atoms with Crippen molar-refractivity contribution in [2.45, 2.75) is 30.8 Å². The first-order valence-electron chi connectivity index (χ1n) is 8.74. The van der Waals surface area contributed by atoms with Crippen molar-refractivity contribution >= 4 is 17.2 Å². The number of nitrogens with zero attached hydrogens (tertiary/aromatic N) is 2. The molecule has 2 aromatic rings. The molecule has 4 heteroatoms. The molecule has 0 amide bonds. The lowest BCUT2D eigenvalue weighted by molar-refractivity contribution is 0.416. The summed E-state index contributed by atoms with van der Waals surface area (Å²) in [7, 11) is 0. The van der Waals surface area contributed by atoms with Crippen molar-refractivity contribution in [2.75, 3.05) is 10.6 Å². The van der Waals surface area contributed by atoms with Gasteiger partial charge in [-0.05, 0) is 29.9 Å². The molecule has 7 rings (SSSR count). The Labute approximate surface area is 140 Å². The Morgan fingerprint density at radius 1 is 1.00 bits per heavy atom. The van der Waals surface area contributed by atoms with Crippen molar-refractivity contribution in [1.82, 2.24) is 9.97 Å². The van der Waals surface area contributed by atoms with Gasteiger partial charge in [0.15, 0.2) is 11.6 Å². The molecule has 2 aliphatic carbocycles. The van der Waals surface area contributed by atoms with E-state index in [0.717, 1.165) is 35.9 Å². The van der Waals surface area contributed by atoms with E-state index in [4.69, 9.17) is 9.97 Å². The van der Waals surface area contributed by atoms with Crippen LogP contribution in [-0.2, 0) is 0 Å². The molecule has 0 saturated carbocycles. The van der Waals surface area contributed by atoms with Crippen LogP contribution in [0.25, 0.3) is 5.57 Å². The molecule has 1 aromatic carbocycles. The van der Waals surface area contributed by atoms with E-state index in [0.29, 0.717) is 23.9 Å². The number of hydrogen-bond donors (Lipinski definition) is 2. The molecule has 5 aliphatic rings. The van der Waals surface area contributed by atoms with E-state index in [9.17, 15) is 0 Å². The number of fused-ring (bicyclic) bond motifs is 3. The summed E-state index contributed by atoms with van der Waals surface area (Å²) in [5.41, 5.74) is 4.87. The summed E-state index contributed by atoms with van der Waals surface area (Å²) in [6, 6.07) is 11.5. The summed E-state index contributed by atoms with van der Waals surface area (Å²) in [5.74, 6) is 2.78. The third kappa shape index (κ3) is 1.63. The van der Waals surface area contributed by atoms with E-state index in [1.54, 1.807) is 0 Å². The van der Waals surface area contributed by atoms with Crippen LogP contribution in [0, 0.1) is 5.92 Å². The number of nitrogens with one attached hydrogen (secondary N) is 2. The first kappa shape index (κ1) is 12.8. The van der Waals surface area contributed by atoms with Crippen molar-refractivity contribution in [2.24, 2.45) is 5.92 Å². The maximum atomic E-state index is 5.04. The van der Waals surface area contributed by atoms with Gasteiger partial charge in [0, 0.05) is 5.92 Å². The molecular formula is C20H18N4. The van der Waals surface area contributed by atoms with Gasteiger partial charge in [-0.1, -0.05) is 48.6 Å². The molecule has 0 saturated heterocycles. The molecule has 0 spiro atoms. The van der Waals surface area contributed by atoms with Crippen LogP contribution in [0.15, 0.2) is 48.6 Å². The van der Waals surface area contributed by atoms with Crippen LogP contribution in [0.1, 0.15) is 41.8 Å². The molecule has 2 N–H and O–H groups in total. The van der Waals surface area contributed by atoms with E-state index in [-0.39, 0.29) is 0 Å². The standard InChI is InChI=1S/C20H18N4/c1-2-5-11(6-3-1)16-14-7-4-8-15(14)18-20(23-16)24-19-17(22-18)12-9-13(10-12)21-19/h1-6,8-9,13-16H,7,10H2,(H2,21,23,24). The first-order valence-corrected chi connectivity index (χ1v) is 8.74. The molecular weight excluding hydrogens is 296 g/mol. The number of allylic oxidation sites excluding steroid dienone is 2. The summed E-state index contributed by atoms with van der Waals surface area (Å²) in [6.45, 7) is 0. The summed E-state index contributed by atoms with van der Waals surface area (Å²) >= 11 is 0. The summed E-state index contributed by atoms with van der Waals surface area (Å²) in [6.07, 6.45) is 9.09. The largest absolute Gasteiger partial charge is 0.362 e. The Kier molecular flexibility index (Phi) is 2.38. The fourth-order valence-electron chi connectivity index (χ4n) is 4.56. The van der Waals surface area contributed by atoms with Gasteiger partial charge in [0.1, 0.15) is 5.69 Å². The Bertz CT molecular complexity index is 899. The molecule has 4 unspecified atom stereocenters. The average molecular weight is 314 g/mol. The zero-order chi connectivity index (χ0) is 15.7. The minimum absolute atomic E-state index is 0.295. The van der Waals surface area contributed by atoms with E-state index >= 15 is 0 Å². The average Bonchev–Trinajstić information content (AvgIpc) is 3.09. The minimum Gasteiger partial charge on any atom is -0.362 e. The Hall–Kier alpha value is -2.62. The third-order valence-corrected chi connectivity index (χ3v) is 5.80. The molecule has 24 heavy (non-hydrogen) atoms. The number of aromatic nitrogens is 2. The number of benzene rings is 1. The van der Waals surface area contributed by atoms with Crippen LogP contribution in [-0.4, -0.2) is 16.0 Å². The molecule has 0 fully saturated rings. The highest BCUT2D eigenvalue weighted by molar-refractivity contribution is 5.83. The van der Waals surface area contributed by atoms with Crippen LogP contribution in [0.3, 0.4) is 0 Å². The lowest BCUT2D eigenvalue weighted by Crippen LogP contribution is -2.35. The molecule has 0 radical (unpaired) electrons. The SMILES string of the molecule is C1=CC2c3nc4c(nc3NC(c3ccccc3)C2C1)NC1C=C4C1. The highest BCUT2D eigenvalue weighted by Gasteiger charge is 2.41. The highest BCUT2D eigenvalue weighted by atomic mass is 15.2. The van der Waals surface area contributed by atoms with Gasteiger partial charge in [0.2, 0.25) is 0 Å². The van der Waals surface area contributed by atoms with Gasteiger partial charge < -0.3 is 10.6 Å². The van der Waals surface area contributed by atoms with E-state index in [1.165, 1.54) is 11.1 Å². The molecule has 1 aromatic heterocycles. The topological polar surface area (TPSA) is 49.8 Å². The Balaban J connectivity index is 1.49. The Morgan fingerprint density at radius 3 is 2.75 bits per heavy atom.